The van der Waals surface area contributed by atoms with E-state index in [1.807, 2.05) is 51.1 Å². The molecule has 2 amide bonds. The number of hydrogen-bond donors (Lipinski definition) is 1. The quantitative estimate of drug-likeness (QED) is 0.560. The van der Waals surface area contributed by atoms with Crippen LogP contribution < -0.4 is 5.32 Å². The molecule has 0 aliphatic carbocycles. The van der Waals surface area contributed by atoms with Crippen molar-refractivity contribution < 1.29 is 19.1 Å². The van der Waals surface area contributed by atoms with Crippen LogP contribution in [0.5, 0.6) is 0 Å². The van der Waals surface area contributed by atoms with Gasteiger partial charge in [-0.2, -0.15) is 0 Å². The molecule has 2 aromatic rings. The summed E-state index contributed by atoms with van der Waals surface area (Å²) in [6.07, 6.45) is 0.656. The molecule has 31 heavy (non-hydrogen) atoms. The Kier molecular flexibility index (Phi) is 9.53. The number of halogens is 1. The minimum atomic E-state index is -0.856. The third-order valence-corrected chi connectivity index (χ3v) is 5.40. The lowest BCUT2D eigenvalue weighted by molar-refractivity contribution is -0.154. The summed E-state index contributed by atoms with van der Waals surface area (Å²) >= 11 is 5.86. The molecule has 0 spiro atoms. The highest BCUT2D eigenvalue weighted by molar-refractivity contribution is 6.30. The third kappa shape index (κ3) is 7.40. The second kappa shape index (κ2) is 12.1. The van der Waals surface area contributed by atoms with Gasteiger partial charge >= 0.3 is 5.97 Å². The smallest absolute Gasteiger partial charge is 0.329 e. The number of esters is 1. The van der Waals surface area contributed by atoms with E-state index in [9.17, 15) is 14.4 Å². The lowest BCUT2D eigenvalue weighted by Gasteiger charge is -2.24. The summed E-state index contributed by atoms with van der Waals surface area (Å²) in [5.41, 5.74) is 1.39. The molecule has 2 aromatic carbocycles. The fourth-order valence-electron chi connectivity index (χ4n) is 2.99. The first-order valence-electron chi connectivity index (χ1n) is 10.4. The monoisotopic (exact) mass is 444 g/mol. The van der Waals surface area contributed by atoms with Crippen molar-refractivity contribution >= 4 is 29.4 Å². The van der Waals surface area contributed by atoms with E-state index in [4.69, 9.17) is 16.3 Å². The predicted molar refractivity (Wildman–Crippen MR) is 121 cm³/mol. The number of carbonyl (C=O) groups is 3. The number of carbonyl (C=O) groups excluding carboxylic acids is 3. The normalized spacial score (nSPS) is 12.5. The zero-order chi connectivity index (χ0) is 22.8. The SMILES string of the molecule is CC[C@H](C)[C@H](NC(=O)c1ccc(Cl)cc1)C(=O)OCC(=O)N(CC)Cc1ccccc1. The van der Waals surface area contributed by atoms with Gasteiger partial charge in [0.25, 0.3) is 11.8 Å². The molecule has 166 valence electrons. The van der Waals surface area contributed by atoms with Crippen LogP contribution in [0, 0.1) is 5.92 Å². The molecule has 1 N–H and O–H groups in total. The van der Waals surface area contributed by atoms with Crippen molar-refractivity contribution in [2.75, 3.05) is 13.2 Å². The Morgan fingerprint density at radius 1 is 1.03 bits per heavy atom. The summed E-state index contributed by atoms with van der Waals surface area (Å²) in [4.78, 5) is 39.4. The minimum Gasteiger partial charge on any atom is -0.454 e. The molecular weight excluding hydrogens is 416 g/mol. The number of likely N-dealkylation sites (N-methyl/N-ethyl adjacent to an activating group) is 1. The Labute approximate surface area is 188 Å². The molecule has 2 atom stereocenters. The van der Waals surface area contributed by atoms with E-state index in [0.29, 0.717) is 30.1 Å². The molecule has 0 aliphatic rings. The molecular formula is C24H29ClN2O4. The number of rotatable bonds is 10. The van der Waals surface area contributed by atoms with E-state index in [1.54, 1.807) is 29.2 Å². The van der Waals surface area contributed by atoms with Crippen molar-refractivity contribution in [1.29, 1.82) is 0 Å². The van der Waals surface area contributed by atoms with Crippen LogP contribution in [0.3, 0.4) is 0 Å². The highest BCUT2D eigenvalue weighted by Gasteiger charge is 2.28. The van der Waals surface area contributed by atoms with Crippen LogP contribution in [0.4, 0.5) is 0 Å². The summed E-state index contributed by atoms with van der Waals surface area (Å²) < 4.78 is 5.30. The summed E-state index contributed by atoms with van der Waals surface area (Å²) in [6, 6.07) is 15.1. The second-order valence-corrected chi connectivity index (χ2v) is 7.78. The Hall–Kier alpha value is -2.86. The Bertz CT molecular complexity index is 871. The zero-order valence-corrected chi connectivity index (χ0v) is 18.9. The van der Waals surface area contributed by atoms with Crippen molar-refractivity contribution in [2.24, 2.45) is 5.92 Å². The van der Waals surface area contributed by atoms with Gasteiger partial charge in [-0.3, -0.25) is 9.59 Å². The number of hydrogen-bond acceptors (Lipinski definition) is 4. The van der Waals surface area contributed by atoms with Gasteiger partial charge in [-0.15, -0.1) is 0 Å². The van der Waals surface area contributed by atoms with Crippen molar-refractivity contribution in [2.45, 2.75) is 39.8 Å². The van der Waals surface area contributed by atoms with Gasteiger partial charge in [0.05, 0.1) is 0 Å². The van der Waals surface area contributed by atoms with E-state index < -0.39 is 17.9 Å². The first-order chi connectivity index (χ1) is 14.8. The van der Waals surface area contributed by atoms with Crippen molar-refractivity contribution in [3.8, 4) is 0 Å². The molecule has 0 saturated carbocycles. The van der Waals surface area contributed by atoms with Crippen molar-refractivity contribution in [3.05, 3.63) is 70.7 Å². The fourth-order valence-corrected chi connectivity index (χ4v) is 3.12. The lowest BCUT2D eigenvalue weighted by Crippen LogP contribution is -2.47. The van der Waals surface area contributed by atoms with Gasteiger partial charge in [-0.05, 0) is 42.7 Å². The van der Waals surface area contributed by atoms with Crippen LogP contribution in [0.2, 0.25) is 5.02 Å². The van der Waals surface area contributed by atoms with Crippen LogP contribution >= 0.6 is 11.6 Å². The molecule has 0 radical (unpaired) electrons. The highest BCUT2D eigenvalue weighted by Crippen LogP contribution is 2.13. The second-order valence-electron chi connectivity index (χ2n) is 7.34. The van der Waals surface area contributed by atoms with Crippen LogP contribution in [0.15, 0.2) is 54.6 Å². The Morgan fingerprint density at radius 3 is 2.26 bits per heavy atom. The van der Waals surface area contributed by atoms with Gasteiger partial charge in [0.2, 0.25) is 0 Å². The molecule has 0 aromatic heterocycles. The van der Waals surface area contributed by atoms with Crippen LogP contribution in [-0.4, -0.2) is 41.9 Å². The molecule has 7 heteroatoms. The van der Waals surface area contributed by atoms with E-state index in [0.717, 1.165) is 5.56 Å². The van der Waals surface area contributed by atoms with E-state index in [-0.39, 0.29) is 18.4 Å². The fraction of sp³-hybridized carbons (Fsp3) is 0.375. The van der Waals surface area contributed by atoms with Crippen molar-refractivity contribution in [3.63, 3.8) is 0 Å². The lowest BCUT2D eigenvalue weighted by atomic mass is 9.99. The largest absolute Gasteiger partial charge is 0.454 e. The van der Waals surface area contributed by atoms with Gasteiger partial charge in [-0.25, -0.2) is 4.79 Å². The number of amides is 2. The number of ether oxygens (including phenoxy) is 1. The first kappa shape index (κ1) is 24.4. The topological polar surface area (TPSA) is 75.7 Å². The first-order valence-corrected chi connectivity index (χ1v) is 10.8. The van der Waals surface area contributed by atoms with Crippen molar-refractivity contribution in [1.82, 2.24) is 10.2 Å². The standard InChI is InChI=1S/C24H29ClN2O4/c1-4-17(3)22(26-23(29)19-11-13-20(25)14-12-19)24(30)31-16-21(28)27(5-2)15-18-9-7-6-8-10-18/h6-14,17,22H,4-5,15-16H2,1-3H3,(H,26,29)/t17-,22-/m0/s1. The molecule has 0 aliphatic heterocycles. The van der Waals surface area contributed by atoms with E-state index >= 15 is 0 Å². The molecule has 0 fully saturated rings. The maximum atomic E-state index is 12.7. The van der Waals surface area contributed by atoms with Crippen LogP contribution in [-0.2, 0) is 20.9 Å². The van der Waals surface area contributed by atoms with Gasteiger partial charge in [0.15, 0.2) is 6.61 Å². The highest BCUT2D eigenvalue weighted by atomic mass is 35.5. The Balaban J connectivity index is 1.98. The molecule has 6 nitrogen and oxygen atoms in total. The summed E-state index contributed by atoms with van der Waals surface area (Å²) in [5, 5.41) is 3.25. The molecule has 0 heterocycles. The minimum absolute atomic E-state index is 0.162. The van der Waals surface area contributed by atoms with Gasteiger partial charge < -0.3 is 15.0 Å². The average molecular weight is 445 g/mol. The molecule has 2 rings (SSSR count). The molecule has 0 saturated heterocycles. The van der Waals surface area contributed by atoms with E-state index in [1.165, 1.54) is 0 Å². The summed E-state index contributed by atoms with van der Waals surface area (Å²) in [5.74, 6) is -1.47. The number of benzene rings is 2. The molecule has 0 bridgehead atoms. The van der Waals surface area contributed by atoms with Gasteiger partial charge in [0.1, 0.15) is 6.04 Å². The Morgan fingerprint density at radius 2 is 1.68 bits per heavy atom. The van der Waals surface area contributed by atoms with Crippen LogP contribution in [0.25, 0.3) is 0 Å². The maximum Gasteiger partial charge on any atom is 0.329 e. The number of nitrogens with one attached hydrogen (secondary N) is 1. The summed E-state index contributed by atoms with van der Waals surface area (Å²) in [6.45, 7) is 6.20. The average Bonchev–Trinajstić information content (AvgIpc) is 2.79. The number of nitrogens with zero attached hydrogens (tertiary/aromatic N) is 1. The summed E-state index contributed by atoms with van der Waals surface area (Å²) in [7, 11) is 0. The third-order valence-electron chi connectivity index (χ3n) is 5.15. The van der Waals surface area contributed by atoms with E-state index in [2.05, 4.69) is 5.32 Å². The maximum absolute atomic E-state index is 12.7. The van der Waals surface area contributed by atoms with Crippen LogP contribution in [0.1, 0.15) is 43.1 Å². The van der Waals surface area contributed by atoms with Gasteiger partial charge in [-0.1, -0.05) is 62.2 Å². The molecule has 0 unspecified atom stereocenters. The zero-order valence-electron chi connectivity index (χ0n) is 18.1. The predicted octanol–water partition coefficient (Wildman–Crippen LogP) is 4.08. The van der Waals surface area contributed by atoms with Gasteiger partial charge in [0, 0.05) is 23.7 Å².